The second-order valence-corrected chi connectivity index (χ2v) is 3.74. The van der Waals surface area contributed by atoms with Crippen molar-refractivity contribution in [2.45, 2.75) is 36.8 Å². The monoisotopic (exact) mass is 272 g/mol. The Bertz CT molecular complexity index is 205. The molecule has 0 bridgehead atoms. The highest BCUT2D eigenvalue weighted by atomic mass is 16.6. The van der Waals surface area contributed by atoms with Crippen LogP contribution in [-0.4, -0.2) is 97.5 Å². The lowest BCUT2D eigenvalue weighted by Gasteiger charge is -2.37. The van der Waals surface area contributed by atoms with Crippen molar-refractivity contribution in [1.29, 1.82) is 0 Å². The highest BCUT2D eigenvalue weighted by molar-refractivity contribution is 4.87. The van der Waals surface area contributed by atoms with Gasteiger partial charge in [0.1, 0.15) is 30.5 Å². The van der Waals surface area contributed by atoms with Crippen molar-refractivity contribution in [2.24, 2.45) is 0 Å². The molecule has 8 N–H and O–H groups in total. The molecule has 1 saturated heterocycles. The van der Waals surface area contributed by atoms with E-state index in [0.29, 0.717) is 0 Å². The molecule has 0 aromatic rings. The number of rotatable bonds is 3. The van der Waals surface area contributed by atoms with Crippen LogP contribution in [0, 0.1) is 0 Å². The van der Waals surface area contributed by atoms with Crippen LogP contribution < -0.4 is 0 Å². The van der Waals surface area contributed by atoms with Crippen LogP contribution in [0.15, 0.2) is 0 Å². The van der Waals surface area contributed by atoms with Gasteiger partial charge in [-0.25, -0.2) is 0 Å². The smallest absolute Gasteiger partial charge is 0.184 e. The summed E-state index contributed by atoms with van der Waals surface area (Å²) >= 11 is 0. The minimum Gasteiger partial charge on any atom is -0.394 e. The highest BCUT2D eigenvalue weighted by Gasteiger charge is 2.42. The number of hydrogen-bond acceptors (Lipinski definition) is 9. The topological polar surface area (TPSA) is 171 Å². The number of aliphatic hydroxyl groups is 8. The average molecular weight is 272 g/mol. The second kappa shape index (κ2) is 8.69. The van der Waals surface area contributed by atoms with Crippen LogP contribution in [0.1, 0.15) is 0 Å². The maximum atomic E-state index is 9.12. The normalized spacial score (nSPS) is 36.2. The van der Waals surface area contributed by atoms with Gasteiger partial charge in [0.25, 0.3) is 0 Å². The average Bonchev–Trinajstić information content (AvgIpc) is 2.40. The molecule has 0 spiro atoms. The van der Waals surface area contributed by atoms with Crippen LogP contribution in [-0.2, 0) is 4.74 Å². The molecule has 5 atom stereocenters. The van der Waals surface area contributed by atoms with E-state index in [1.807, 2.05) is 0 Å². The summed E-state index contributed by atoms with van der Waals surface area (Å²) in [5.74, 6) is 0. The van der Waals surface area contributed by atoms with Crippen LogP contribution in [0.3, 0.4) is 0 Å². The van der Waals surface area contributed by atoms with Gasteiger partial charge in [0.05, 0.1) is 19.8 Å². The van der Waals surface area contributed by atoms with Crippen molar-refractivity contribution in [3.8, 4) is 0 Å². The number of aliphatic hydroxyl groups excluding tert-OH is 8. The van der Waals surface area contributed by atoms with E-state index in [4.69, 9.17) is 40.9 Å². The van der Waals surface area contributed by atoms with E-state index in [1.54, 1.807) is 0 Å². The SMILES string of the molecule is OCC(O)CO.OC[C@H]1O[C@@H](O)[C@H](O)[C@@H](O)[C@@H]1O. The maximum absolute atomic E-state index is 9.12. The lowest BCUT2D eigenvalue weighted by molar-refractivity contribution is -0.286. The molecular weight excluding hydrogens is 252 g/mol. The van der Waals surface area contributed by atoms with Gasteiger partial charge in [-0.3, -0.25) is 0 Å². The fourth-order valence-corrected chi connectivity index (χ4v) is 1.14. The second-order valence-electron chi connectivity index (χ2n) is 3.74. The van der Waals surface area contributed by atoms with E-state index in [9.17, 15) is 0 Å². The van der Waals surface area contributed by atoms with Gasteiger partial charge in [-0.1, -0.05) is 0 Å². The molecule has 0 aromatic carbocycles. The van der Waals surface area contributed by atoms with E-state index in [2.05, 4.69) is 4.74 Å². The standard InChI is InChI=1S/C6H12O6.C3H8O3/c7-1-2-3(8)4(9)5(10)6(11)12-2;4-1-3(6)2-5/h2-11H,1H2;3-6H,1-2H2/t2-,3-,4+,5-,6-;/m1./s1. The quantitative estimate of drug-likeness (QED) is 0.251. The van der Waals surface area contributed by atoms with Gasteiger partial charge < -0.3 is 45.6 Å². The molecule has 9 nitrogen and oxygen atoms in total. The first-order valence-corrected chi connectivity index (χ1v) is 5.27. The van der Waals surface area contributed by atoms with Gasteiger partial charge in [0.15, 0.2) is 6.29 Å². The van der Waals surface area contributed by atoms with Gasteiger partial charge in [-0.05, 0) is 0 Å². The molecule has 18 heavy (non-hydrogen) atoms. The Morgan fingerprint density at radius 3 is 1.67 bits per heavy atom. The van der Waals surface area contributed by atoms with E-state index in [0.717, 1.165) is 0 Å². The molecule has 1 aliphatic rings. The molecule has 9 heteroatoms. The summed E-state index contributed by atoms with van der Waals surface area (Å²) in [6, 6.07) is 0. The molecule has 0 saturated carbocycles. The van der Waals surface area contributed by atoms with Crippen LogP contribution >= 0.6 is 0 Å². The lowest BCUT2D eigenvalue weighted by Crippen LogP contribution is -2.58. The molecule has 1 fully saturated rings. The highest BCUT2D eigenvalue weighted by Crippen LogP contribution is 2.18. The van der Waals surface area contributed by atoms with E-state index in [1.165, 1.54) is 0 Å². The van der Waals surface area contributed by atoms with E-state index in [-0.39, 0.29) is 13.2 Å². The molecular formula is C9H20O9. The van der Waals surface area contributed by atoms with Crippen molar-refractivity contribution >= 4 is 0 Å². The summed E-state index contributed by atoms with van der Waals surface area (Å²) in [5.41, 5.74) is 0. The summed E-state index contributed by atoms with van der Waals surface area (Å²) < 4.78 is 4.58. The van der Waals surface area contributed by atoms with Crippen LogP contribution in [0.2, 0.25) is 0 Å². The molecule has 0 amide bonds. The van der Waals surface area contributed by atoms with E-state index < -0.39 is 43.4 Å². The minimum absolute atomic E-state index is 0.365. The van der Waals surface area contributed by atoms with Crippen molar-refractivity contribution in [3.05, 3.63) is 0 Å². The molecule has 0 unspecified atom stereocenters. The third-order valence-electron chi connectivity index (χ3n) is 2.29. The zero-order valence-corrected chi connectivity index (χ0v) is 9.57. The van der Waals surface area contributed by atoms with Crippen molar-refractivity contribution in [3.63, 3.8) is 0 Å². The first-order valence-electron chi connectivity index (χ1n) is 5.27. The lowest BCUT2D eigenvalue weighted by atomic mass is 10.00. The first kappa shape index (κ1) is 17.6. The van der Waals surface area contributed by atoms with Crippen molar-refractivity contribution in [2.75, 3.05) is 19.8 Å². The summed E-state index contributed by atoms with van der Waals surface area (Å²) in [6.07, 6.45) is -7.99. The van der Waals surface area contributed by atoms with Gasteiger partial charge in [0, 0.05) is 0 Å². The van der Waals surface area contributed by atoms with Crippen LogP contribution in [0.5, 0.6) is 0 Å². The summed E-state index contributed by atoms with van der Waals surface area (Å²) in [4.78, 5) is 0. The Kier molecular flexibility index (Phi) is 8.52. The number of ether oxygens (including phenoxy) is 1. The molecule has 1 aliphatic heterocycles. The number of hydrogen-bond donors (Lipinski definition) is 8. The predicted molar refractivity (Wildman–Crippen MR) is 56.2 cm³/mol. The fraction of sp³-hybridized carbons (Fsp3) is 1.00. The Morgan fingerprint density at radius 1 is 0.833 bits per heavy atom. The molecule has 0 aromatic heterocycles. The van der Waals surface area contributed by atoms with Gasteiger partial charge in [-0.2, -0.15) is 0 Å². The predicted octanol–water partition coefficient (Wildman–Crippen LogP) is -4.89. The zero-order chi connectivity index (χ0) is 14.3. The Morgan fingerprint density at radius 2 is 1.33 bits per heavy atom. The maximum Gasteiger partial charge on any atom is 0.184 e. The third kappa shape index (κ3) is 5.10. The van der Waals surface area contributed by atoms with Gasteiger partial charge in [-0.15, -0.1) is 0 Å². The Balaban J connectivity index is 0.000000411. The summed E-state index contributed by atoms with van der Waals surface area (Å²) in [5, 5.41) is 68.7. The summed E-state index contributed by atoms with van der Waals surface area (Å²) in [6.45, 7) is -1.25. The molecule has 1 rings (SSSR count). The Labute approximate surface area is 103 Å². The Hall–Kier alpha value is -0.360. The fourth-order valence-electron chi connectivity index (χ4n) is 1.14. The molecule has 110 valence electrons. The van der Waals surface area contributed by atoms with Gasteiger partial charge >= 0.3 is 0 Å². The van der Waals surface area contributed by atoms with Crippen molar-refractivity contribution < 1.29 is 45.6 Å². The summed E-state index contributed by atoms with van der Waals surface area (Å²) in [7, 11) is 0. The van der Waals surface area contributed by atoms with Crippen LogP contribution in [0.4, 0.5) is 0 Å². The van der Waals surface area contributed by atoms with Crippen molar-refractivity contribution in [1.82, 2.24) is 0 Å². The zero-order valence-electron chi connectivity index (χ0n) is 9.57. The molecule has 1 heterocycles. The van der Waals surface area contributed by atoms with Gasteiger partial charge in [0.2, 0.25) is 0 Å². The first-order chi connectivity index (χ1) is 8.38. The van der Waals surface area contributed by atoms with Crippen LogP contribution in [0.25, 0.3) is 0 Å². The third-order valence-corrected chi connectivity index (χ3v) is 2.29. The molecule has 0 aliphatic carbocycles. The van der Waals surface area contributed by atoms with E-state index >= 15 is 0 Å². The largest absolute Gasteiger partial charge is 0.394 e. The molecule has 0 radical (unpaired) electrons. The minimum atomic E-state index is -1.57.